The van der Waals surface area contributed by atoms with Crippen molar-refractivity contribution in [2.24, 2.45) is 5.92 Å². The number of likely N-dealkylation sites (N-methyl/N-ethyl adjacent to an activating group) is 1. The van der Waals surface area contributed by atoms with Gasteiger partial charge in [0.25, 0.3) is 0 Å². The lowest BCUT2D eigenvalue weighted by atomic mass is 9.99. The maximum absolute atomic E-state index is 12.8. The molecule has 1 fully saturated rings. The van der Waals surface area contributed by atoms with Gasteiger partial charge in [0.05, 0.1) is 18.2 Å². The summed E-state index contributed by atoms with van der Waals surface area (Å²) in [5, 5.41) is 3.18. The van der Waals surface area contributed by atoms with Crippen LogP contribution in [0, 0.1) is 5.92 Å². The number of carbonyl (C=O) groups excluding carboxylic acids is 1. The van der Waals surface area contributed by atoms with E-state index in [1.54, 1.807) is 0 Å². The molecule has 0 saturated carbocycles. The van der Waals surface area contributed by atoms with Crippen molar-refractivity contribution in [2.45, 2.75) is 72.8 Å². The van der Waals surface area contributed by atoms with Gasteiger partial charge in [-0.1, -0.05) is 27.7 Å². The number of nitrogens with one attached hydrogen (secondary N) is 1. The highest BCUT2D eigenvalue weighted by Crippen LogP contribution is 2.18. The number of rotatable bonds is 8. The van der Waals surface area contributed by atoms with Gasteiger partial charge in [0, 0.05) is 25.7 Å². The molecule has 1 amide bonds. The molecule has 0 radical (unpaired) electrons. The van der Waals surface area contributed by atoms with Crippen molar-refractivity contribution in [2.75, 3.05) is 32.7 Å². The van der Waals surface area contributed by atoms with E-state index in [2.05, 4.69) is 63.6 Å². The molecule has 23 heavy (non-hydrogen) atoms. The van der Waals surface area contributed by atoms with Gasteiger partial charge < -0.3 is 10.1 Å². The Morgan fingerprint density at radius 2 is 1.70 bits per heavy atom. The van der Waals surface area contributed by atoms with Crippen molar-refractivity contribution < 1.29 is 9.53 Å². The van der Waals surface area contributed by atoms with Crippen molar-refractivity contribution >= 4 is 5.91 Å². The van der Waals surface area contributed by atoms with E-state index in [4.69, 9.17) is 4.74 Å². The van der Waals surface area contributed by atoms with E-state index >= 15 is 0 Å². The molecule has 0 aromatic carbocycles. The highest BCUT2D eigenvalue weighted by Gasteiger charge is 2.34. The van der Waals surface area contributed by atoms with Crippen molar-refractivity contribution in [3.8, 4) is 0 Å². The van der Waals surface area contributed by atoms with Gasteiger partial charge in [0.15, 0.2) is 0 Å². The Morgan fingerprint density at radius 1 is 1.17 bits per heavy atom. The number of amides is 1. The fraction of sp³-hybridized carbons (Fsp3) is 0.944. The molecule has 1 heterocycles. The van der Waals surface area contributed by atoms with E-state index in [0.717, 1.165) is 26.2 Å². The van der Waals surface area contributed by atoms with E-state index < -0.39 is 0 Å². The highest BCUT2D eigenvalue weighted by molar-refractivity contribution is 5.82. The Bertz CT molecular complexity index is 348. The molecule has 5 nitrogen and oxygen atoms in total. The summed E-state index contributed by atoms with van der Waals surface area (Å²) in [6, 6.07) is 0.289. The smallest absolute Gasteiger partial charge is 0.237 e. The Morgan fingerprint density at radius 3 is 2.13 bits per heavy atom. The van der Waals surface area contributed by atoms with E-state index in [0.29, 0.717) is 12.6 Å². The summed E-state index contributed by atoms with van der Waals surface area (Å²) in [6.45, 7) is 19.3. The average molecular weight is 328 g/mol. The zero-order chi connectivity index (χ0) is 17.6. The standard InChI is InChI=1S/C18H37N3O2/c1-8-20(9-2)14(5)10-19-18(22)17(13(3)4)21-11-15(6)23-16(7)12-21/h13-17H,8-12H2,1-7H3,(H,19,22). The van der Waals surface area contributed by atoms with Crippen LogP contribution in [0.5, 0.6) is 0 Å². The normalized spacial score (nSPS) is 25.6. The first-order valence-corrected chi connectivity index (χ1v) is 9.21. The third kappa shape index (κ3) is 6.05. The van der Waals surface area contributed by atoms with Crippen LogP contribution in [0.2, 0.25) is 0 Å². The number of carbonyl (C=O) groups is 1. The molecule has 1 aliphatic rings. The summed E-state index contributed by atoms with van der Waals surface area (Å²) >= 11 is 0. The van der Waals surface area contributed by atoms with Crippen LogP contribution in [0.1, 0.15) is 48.5 Å². The summed E-state index contributed by atoms with van der Waals surface area (Å²) in [6.07, 6.45) is 0.366. The fourth-order valence-electron chi connectivity index (χ4n) is 3.66. The SMILES string of the molecule is CCN(CC)C(C)CNC(=O)C(C(C)C)N1CC(C)OC(C)C1. The maximum atomic E-state index is 12.8. The van der Waals surface area contributed by atoms with Crippen LogP contribution >= 0.6 is 0 Å². The zero-order valence-corrected chi connectivity index (χ0v) is 16.1. The molecule has 4 unspecified atom stereocenters. The van der Waals surface area contributed by atoms with Crippen LogP contribution in [0.3, 0.4) is 0 Å². The van der Waals surface area contributed by atoms with Gasteiger partial charge in [-0.2, -0.15) is 0 Å². The van der Waals surface area contributed by atoms with Gasteiger partial charge in [0.2, 0.25) is 5.91 Å². The van der Waals surface area contributed by atoms with Crippen LogP contribution in [-0.2, 0) is 9.53 Å². The lowest BCUT2D eigenvalue weighted by Gasteiger charge is -2.41. The lowest BCUT2D eigenvalue weighted by Crippen LogP contribution is -2.57. The summed E-state index contributed by atoms with van der Waals surface area (Å²) in [7, 11) is 0. The minimum Gasteiger partial charge on any atom is -0.373 e. The van der Waals surface area contributed by atoms with Crippen LogP contribution in [0.15, 0.2) is 0 Å². The van der Waals surface area contributed by atoms with E-state index in [1.165, 1.54) is 0 Å². The fourth-order valence-corrected chi connectivity index (χ4v) is 3.66. The molecule has 1 rings (SSSR count). The number of ether oxygens (including phenoxy) is 1. The molecular formula is C18H37N3O2. The predicted octanol–water partition coefficient (Wildman–Crippen LogP) is 1.97. The van der Waals surface area contributed by atoms with Crippen LogP contribution < -0.4 is 5.32 Å². The number of hydrogen-bond acceptors (Lipinski definition) is 4. The topological polar surface area (TPSA) is 44.8 Å². The number of hydrogen-bond donors (Lipinski definition) is 1. The van der Waals surface area contributed by atoms with Crippen molar-refractivity contribution in [3.63, 3.8) is 0 Å². The van der Waals surface area contributed by atoms with E-state index in [-0.39, 0.29) is 30.1 Å². The predicted molar refractivity (Wildman–Crippen MR) is 95.6 cm³/mol. The van der Waals surface area contributed by atoms with Crippen LogP contribution in [-0.4, -0.2) is 72.7 Å². The van der Waals surface area contributed by atoms with Gasteiger partial charge >= 0.3 is 0 Å². The minimum atomic E-state index is -0.0762. The molecule has 0 spiro atoms. The van der Waals surface area contributed by atoms with Gasteiger partial charge in [0.1, 0.15) is 0 Å². The van der Waals surface area contributed by atoms with Crippen molar-refractivity contribution in [1.82, 2.24) is 15.1 Å². The average Bonchev–Trinajstić information content (AvgIpc) is 2.45. The molecule has 0 bridgehead atoms. The van der Waals surface area contributed by atoms with Gasteiger partial charge in [-0.05, 0) is 39.8 Å². The Balaban J connectivity index is 2.64. The van der Waals surface area contributed by atoms with Gasteiger partial charge in [-0.15, -0.1) is 0 Å². The Hall–Kier alpha value is -0.650. The Kier molecular flexibility index (Phi) is 8.51. The molecule has 0 aromatic rings. The number of morpholine rings is 1. The first kappa shape index (κ1) is 20.4. The molecule has 0 aromatic heterocycles. The van der Waals surface area contributed by atoms with Crippen LogP contribution in [0.25, 0.3) is 0 Å². The van der Waals surface area contributed by atoms with E-state index in [1.807, 2.05) is 0 Å². The summed E-state index contributed by atoms with van der Waals surface area (Å²) in [4.78, 5) is 17.4. The van der Waals surface area contributed by atoms with Crippen molar-refractivity contribution in [1.29, 1.82) is 0 Å². The summed E-state index contributed by atoms with van der Waals surface area (Å²) in [5.74, 6) is 0.441. The molecule has 0 aliphatic carbocycles. The highest BCUT2D eigenvalue weighted by atomic mass is 16.5. The first-order valence-electron chi connectivity index (χ1n) is 9.21. The summed E-state index contributed by atoms with van der Waals surface area (Å²) < 4.78 is 5.80. The zero-order valence-electron chi connectivity index (χ0n) is 16.1. The third-order valence-electron chi connectivity index (χ3n) is 4.75. The second-order valence-electron chi connectivity index (χ2n) is 7.22. The lowest BCUT2D eigenvalue weighted by molar-refractivity contribution is -0.135. The quantitative estimate of drug-likeness (QED) is 0.740. The Labute approximate surface area is 142 Å². The molecule has 5 heteroatoms. The largest absolute Gasteiger partial charge is 0.373 e. The first-order chi connectivity index (χ1) is 10.8. The monoisotopic (exact) mass is 327 g/mol. The molecular weight excluding hydrogens is 290 g/mol. The molecule has 1 saturated heterocycles. The molecule has 1 N–H and O–H groups in total. The molecule has 136 valence electrons. The van der Waals surface area contributed by atoms with Gasteiger partial charge in [-0.25, -0.2) is 0 Å². The maximum Gasteiger partial charge on any atom is 0.237 e. The van der Waals surface area contributed by atoms with Crippen molar-refractivity contribution in [3.05, 3.63) is 0 Å². The van der Waals surface area contributed by atoms with E-state index in [9.17, 15) is 4.79 Å². The second-order valence-corrected chi connectivity index (χ2v) is 7.22. The van der Waals surface area contributed by atoms with Crippen LogP contribution in [0.4, 0.5) is 0 Å². The summed E-state index contributed by atoms with van der Waals surface area (Å²) in [5.41, 5.74) is 0. The van der Waals surface area contributed by atoms with Gasteiger partial charge in [-0.3, -0.25) is 14.6 Å². The minimum absolute atomic E-state index is 0.0762. The molecule has 1 aliphatic heterocycles. The molecule has 4 atom stereocenters. The second kappa shape index (κ2) is 9.60. The third-order valence-corrected chi connectivity index (χ3v) is 4.75. The number of nitrogens with zero attached hydrogens (tertiary/aromatic N) is 2.